The Morgan fingerprint density at radius 3 is 2.59 bits per heavy atom. The Morgan fingerprint density at radius 2 is 1.88 bits per heavy atom. The lowest BCUT2D eigenvalue weighted by molar-refractivity contribution is 0.0690. The van der Waals surface area contributed by atoms with E-state index in [2.05, 4.69) is 26.5 Å². The van der Waals surface area contributed by atoms with Gasteiger partial charge >= 0.3 is 5.97 Å². The Hall–Kier alpha value is -4.13. The van der Waals surface area contributed by atoms with E-state index in [1.165, 1.54) is 37.7 Å². The molecule has 2 aromatic carbocycles. The molecular weight excluding hydrogens is 478 g/mol. The summed E-state index contributed by atoms with van der Waals surface area (Å²) in [6, 6.07) is 13.9. The number of anilines is 1. The van der Waals surface area contributed by atoms with Crippen LogP contribution in [0.15, 0.2) is 71.9 Å². The van der Waals surface area contributed by atoms with Crippen LogP contribution in [0.3, 0.4) is 0 Å². The van der Waals surface area contributed by atoms with Gasteiger partial charge in [-0.05, 0) is 48.5 Å². The van der Waals surface area contributed by atoms with Gasteiger partial charge in [0.25, 0.3) is 10.0 Å². The minimum absolute atomic E-state index is 0.0313. The third-order valence-electron chi connectivity index (χ3n) is 4.77. The molecule has 0 fully saturated rings. The summed E-state index contributed by atoms with van der Waals surface area (Å²) in [7, 11) is -2.58. The number of carboxylic acids is 1. The second-order valence-electron chi connectivity index (χ2n) is 6.92. The number of nitrogens with one attached hydrogen (secondary N) is 1. The number of fused-ring (bicyclic) bond motifs is 1. The summed E-state index contributed by atoms with van der Waals surface area (Å²) in [5, 5.41) is 9.75. The minimum atomic E-state index is -4.07. The molecule has 0 aliphatic heterocycles. The number of pyridine rings is 2. The topological polar surface area (TPSA) is 118 Å². The molecule has 0 aliphatic rings. The van der Waals surface area contributed by atoms with Gasteiger partial charge in [-0.3, -0.25) is 9.71 Å². The zero-order valence-corrected chi connectivity index (χ0v) is 19.2. The predicted octanol–water partition coefficient (Wildman–Crippen LogP) is 4.19. The third kappa shape index (κ3) is 4.64. The van der Waals surface area contributed by atoms with E-state index < -0.39 is 16.0 Å². The Kier molecular flexibility index (Phi) is 6.36. The molecular formula is C24H16ClN3O5S. The normalized spacial score (nSPS) is 10.9. The number of carbonyl (C=O) groups is 1. The van der Waals surface area contributed by atoms with E-state index in [4.69, 9.17) is 21.4 Å². The van der Waals surface area contributed by atoms with Crippen LogP contribution >= 0.6 is 11.6 Å². The van der Waals surface area contributed by atoms with Gasteiger partial charge in [0, 0.05) is 23.3 Å². The van der Waals surface area contributed by atoms with Gasteiger partial charge in [0.1, 0.15) is 16.3 Å². The molecule has 0 saturated heterocycles. The maximum absolute atomic E-state index is 13.3. The number of ether oxygens (including phenoxy) is 1. The SMILES string of the molecule is COc1ccc(S(=O)(=O)Nc2cccc(Cl)c2C#Cc2ccc(C(=O)O)nc2)c2ncccc12. The number of carboxylic acid groups (broad SMARTS) is 1. The Bertz CT molecular complexity index is 1580. The molecule has 2 N–H and O–H groups in total. The highest BCUT2D eigenvalue weighted by Gasteiger charge is 2.21. The first-order valence-electron chi connectivity index (χ1n) is 9.74. The van der Waals surface area contributed by atoms with Gasteiger partial charge in [-0.1, -0.05) is 29.5 Å². The van der Waals surface area contributed by atoms with Crippen LogP contribution in [0.2, 0.25) is 5.02 Å². The van der Waals surface area contributed by atoms with Crippen molar-refractivity contribution in [2.24, 2.45) is 0 Å². The quantitative estimate of drug-likeness (QED) is 0.400. The van der Waals surface area contributed by atoms with Crippen molar-refractivity contribution in [1.29, 1.82) is 0 Å². The van der Waals surface area contributed by atoms with E-state index >= 15 is 0 Å². The average molecular weight is 494 g/mol. The molecule has 0 aliphatic carbocycles. The molecule has 0 bridgehead atoms. The molecule has 2 heterocycles. The maximum Gasteiger partial charge on any atom is 0.354 e. The number of hydrogen-bond donors (Lipinski definition) is 2. The number of methoxy groups -OCH3 is 1. The number of hydrogen-bond acceptors (Lipinski definition) is 6. The lowest BCUT2D eigenvalue weighted by Gasteiger charge is -2.13. The molecule has 0 unspecified atom stereocenters. The molecule has 4 aromatic rings. The number of aromatic nitrogens is 2. The van der Waals surface area contributed by atoms with Crippen LogP contribution in [0.25, 0.3) is 10.9 Å². The molecule has 170 valence electrons. The van der Waals surface area contributed by atoms with Crippen LogP contribution in [0, 0.1) is 11.8 Å². The molecule has 10 heteroatoms. The summed E-state index contributed by atoms with van der Waals surface area (Å²) < 4.78 is 34.5. The molecule has 8 nitrogen and oxygen atoms in total. The smallest absolute Gasteiger partial charge is 0.354 e. The molecule has 2 aromatic heterocycles. The van der Waals surface area contributed by atoms with Crippen LogP contribution in [0.1, 0.15) is 21.6 Å². The van der Waals surface area contributed by atoms with E-state index in [1.54, 1.807) is 36.4 Å². The van der Waals surface area contributed by atoms with Crippen LogP contribution in [0.5, 0.6) is 5.75 Å². The van der Waals surface area contributed by atoms with Gasteiger partial charge < -0.3 is 9.84 Å². The van der Waals surface area contributed by atoms with E-state index in [1.807, 2.05) is 0 Å². The summed E-state index contributed by atoms with van der Waals surface area (Å²) in [6.07, 6.45) is 2.81. The van der Waals surface area contributed by atoms with Gasteiger partial charge in [-0.2, -0.15) is 0 Å². The molecule has 0 radical (unpaired) electrons. The van der Waals surface area contributed by atoms with Crippen molar-refractivity contribution in [2.45, 2.75) is 4.90 Å². The Balaban J connectivity index is 1.73. The van der Waals surface area contributed by atoms with E-state index in [0.717, 1.165) is 0 Å². The molecule has 0 amide bonds. The minimum Gasteiger partial charge on any atom is -0.496 e. The van der Waals surface area contributed by atoms with Gasteiger partial charge in [0.05, 0.1) is 28.9 Å². The summed E-state index contributed by atoms with van der Waals surface area (Å²) in [5.74, 6) is 5.02. The average Bonchev–Trinajstić information content (AvgIpc) is 2.83. The van der Waals surface area contributed by atoms with Gasteiger partial charge in [0.15, 0.2) is 0 Å². The zero-order chi connectivity index (χ0) is 24.3. The molecule has 4 rings (SSSR count). The molecule has 0 atom stereocenters. The number of halogens is 1. The van der Waals surface area contributed by atoms with E-state index in [9.17, 15) is 13.2 Å². The van der Waals surface area contributed by atoms with Crippen molar-refractivity contribution in [3.8, 4) is 17.6 Å². The molecule has 34 heavy (non-hydrogen) atoms. The number of nitrogens with zero attached hydrogens (tertiary/aromatic N) is 2. The summed E-state index contributed by atoms with van der Waals surface area (Å²) in [4.78, 5) is 19.0. The Morgan fingerprint density at radius 1 is 1.06 bits per heavy atom. The monoisotopic (exact) mass is 493 g/mol. The second kappa shape index (κ2) is 9.39. The first-order valence-corrected chi connectivity index (χ1v) is 11.6. The van der Waals surface area contributed by atoms with Gasteiger partial charge in [-0.15, -0.1) is 0 Å². The lowest BCUT2D eigenvalue weighted by atomic mass is 10.1. The largest absolute Gasteiger partial charge is 0.496 e. The first-order chi connectivity index (χ1) is 16.3. The Labute approximate surface area is 200 Å². The highest BCUT2D eigenvalue weighted by Crippen LogP contribution is 2.31. The fourth-order valence-electron chi connectivity index (χ4n) is 3.18. The third-order valence-corrected chi connectivity index (χ3v) is 6.49. The fourth-order valence-corrected chi connectivity index (χ4v) is 4.64. The first kappa shape index (κ1) is 23.0. The van der Waals surface area contributed by atoms with Crippen molar-refractivity contribution in [1.82, 2.24) is 9.97 Å². The van der Waals surface area contributed by atoms with Crippen molar-refractivity contribution in [3.63, 3.8) is 0 Å². The number of sulfonamides is 1. The van der Waals surface area contributed by atoms with Crippen LogP contribution < -0.4 is 9.46 Å². The maximum atomic E-state index is 13.3. The van der Waals surface area contributed by atoms with E-state index in [-0.39, 0.29) is 32.4 Å². The molecule has 0 spiro atoms. The number of aromatic carboxylic acids is 1. The van der Waals surface area contributed by atoms with Crippen LogP contribution in [0.4, 0.5) is 5.69 Å². The lowest BCUT2D eigenvalue weighted by Crippen LogP contribution is -2.15. The zero-order valence-electron chi connectivity index (χ0n) is 17.6. The van der Waals surface area contributed by atoms with Crippen molar-refractivity contribution in [3.05, 3.63) is 88.8 Å². The predicted molar refractivity (Wildman–Crippen MR) is 128 cm³/mol. The standard InChI is InChI=1S/C24H16ClN3O5S/c1-33-21-11-12-22(23-17(21)4-3-13-26-23)34(31,32)28-19-6-2-5-18(25)16(19)9-7-15-8-10-20(24(29)30)27-14-15/h2-6,8,10-14,28H,1H3,(H,29,30). The molecule has 0 saturated carbocycles. The highest BCUT2D eigenvalue weighted by molar-refractivity contribution is 7.93. The number of benzene rings is 2. The van der Waals surface area contributed by atoms with Crippen LogP contribution in [-0.4, -0.2) is 36.6 Å². The van der Waals surface area contributed by atoms with Crippen molar-refractivity contribution < 1.29 is 23.1 Å². The summed E-state index contributed by atoms with van der Waals surface area (Å²) in [5.41, 5.74) is 1.01. The number of rotatable bonds is 5. The second-order valence-corrected chi connectivity index (χ2v) is 8.98. The van der Waals surface area contributed by atoms with Crippen molar-refractivity contribution in [2.75, 3.05) is 11.8 Å². The van der Waals surface area contributed by atoms with Gasteiger partial charge in [-0.25, -0.2) is 18.2 Å². The summed E-state index contributed by atoms with van der Waals surface area (Å²) in [6.45, 7) is 0. The fraction of sp³-hybridized carbons (Fsp3) is 0.0417. The van der Waals surface area contributed by atoms with E-state index in [0.29, 0.717) is 16.7 Å². The van der Waals surface area contributed by atoms with Gasteiger partial charge in [0.2, 0.25) is 0 Å². The summed E-state index contributed by atoms with van der Waals surface area (Å²) >= 11 is 6.31. The highest BCUT2D eigenvalue weighted by atomic mass is 35.5. The van der Waals surface area contributed by atoms with Crippen molar-refractivity contribution >= 4 is 44.2 Å². The van der Waals surface area contributed by atoms with Crippen LogP contribution in [-0.2, 0) is 10.0 Å².